The van der Waals surface area contributed by atoms with Crippen LogP contribution >= 0.6 is 0 Å². The highest BCUT2D eigenvalue weighted by Crippen LogP contribution is 2.37. The lowest BCUT2D eigenvalue weighted by molar-refractivity contribution is -0.116. The predicted octanol–water partition coefficient (Wildman–Crippen LogP) is 2.13. The van der Waals surface area contributed by atoms with E-state index in [0.717, 1.165) is 5.56 Å². The largest absolute Gasteiger partial charge is 0.493 e. The van der Waals surface area contributed by atoms with Crippen molar-refractivity contribution >= 4 is 11.7 Å². The summed E-state index contributed by atoms with van der Waals surface area (Å²) in [4.78, 5) is 31.4. The lowest BCUT2D eigenvalue weighted by atomic mass is 9.86. The van der Waals surface area contributed by atoms with Crippen molar-refractivity contribution in [2.45, 2.75) is 19.3 Å². The second kappa shape index (κ2) is 6.80. The van der Waals surface area contributed by atoms with Crippen LogP contribution in [0.2, 0.25) is 0 Å². The van der Waals surface area contributed by atoms with E-state index in [0.29, 0.717) is 35.3 Å². The molecule has 1 aliphatic heterocycles. The number of nitrogens with one attached hydrogen (secondary N) is 2. The average Bonchev–Trinajstić information content (AvgIpc) is 2.58. The molecule has 7 nitrogen and oxygen atoms in total. The van der Waals surface area contributed by atoms with Crippen molar-refractivity contribution in [1.29, 1.82) is 0 Å². The first-order chi connectivity index (χ1) is 12.0. The van der Waals surface area contributed by atoms with Crippen LogP contribution in [-0.2, 0) is 4.79 Å². The normalized spacial score (nSPS) is 15.9. The highest BCUT2D eigenvalue weighted by molar-refractivity contribution is 5.94. The van der Waals surface area contributed by atoms with Gasteiger partial charge in [-0.05, 0) is 24.6 Å². The molecule has 7 heteroatoms. The molecule has 0 fully saturated rings. The number of hydrogen-bond donors (Lipinski definition) is 2. The number of nitrogens with zero attached hydrogens (tertiary/aromatic N) is 1. The molecule has 25 heavy (non-hydrogen) atoms. The summed E-state index contributed by atoms with van der Waals surface area (Å²) in [5.74, 6) is 1.29. The van der Waals surface area contributed by atoms with Gasteiger partial charge in [-0.15, -0.1) is 0 Å². The van der Waals surface area contributed by atoms with Gasteiger partial charge in [0.05, 0.1) is 12.7 Å². The Morgan fingerprint density at radius 3 is 2.88 bits per heavy atom. The molecule has 2 aromatic rings. The van der Waals surface area contributed by atoms with Gasteiger partial charge < -0.3 is 19.8 Å². The van der Waals surface area contributed by atoms with Crippen LogP contribution in [0.25, 0.3) is 0 Å². The van der Waals surface area contributed by atoms with E-state index >= 15 is 0 Å². The number of ether oxygens (including phenoxy) is 2. The number of aryl methyl sites for hydroxylation is 1. The van der Waals surface area contributed by atoms with E-state index in [9.17, 15) is 9.59 Å². The summed E-state index contributed by atoms with van der Waals surface area (Å²) in [5.41, 5.74) is 0.987. The minimum atomic E-state index is -0.400. The van der Waals surface area contributed by atoms with Crippen LogP contribution in [0.3, 0.4) is 0 Å². The summed E-state index contributed by atoms with van der Waals surface area (Å²) in [5, 5.41) is 2.67. The van der Waals surface area contributed by atoms with Crippen molar-refractivity contribution in [3.8, 4) is 11.5 Å². The second-order valence-corrected chi connectivity index (χ2v) is 5.73. The smallest absolute Gasteiger partial charge is 0.256 e. The fourth-order valence-corrected chi connectivity index (χ4v) is 2.94. The maximum Gasteiger partial charge on any atom is 0.256 e. The number of hydrogen-bond acceptors (Lipinski definition) is 5. The van der Waals surface area contributed by atoms with E-state index in [2.05, 4.69) is 21.9 Å². The summed E-state index contributed by atoms with van der Waals surface area (Å²) in [6, 6.07) is 5.37. The number of carbonyl (C=O) groups excluding carboxylic acids is 1. The van der Waals surface area contributed by atoms with Gasteiger partial charge in [0.1, 0.15) is 18.2 Å². The predicted molar refractivity (Wildman–Crippen MR) is 93.4 cm³/mol. The van der Waals surface area contributed by atoms with E-state index in [1.807, 2.05) is 6.07 Å². The SMILES string of the molecule is C=CCOc1ccc([C@H]2CC(=O)Nc3nc(C)[nH]c(=O)c32)cc1OC. The highest BCUT2D eigenvalue weighted by atomic mass is 16.5. The lowest BCUT2D eigenvalue weighted by Gasteiger charge is -2.25. The number of carbonyl (C=O) groups is 1. The third-order valence-electron chi connectivity index (χ3n) is 4.02. The first-order valence-electron chi connectivity index (χ1n) is 7.85. The van der Waals surface area contributed by atoms with Crippen LogP contribution < -0.4 is 20.3 Å². The van der Waals surface area contributed by atoms with E-state index in [1.165, 1.54) is 0 Å². The molecule has 2 heterocycles. The maximum atomic E-state index is 12.4. The van der Waals surface area contributed by atoms with Crippen molar-refractivity contribution in [3.05, 3.63) is 58.2 Å². The molecule has 0 unspecified atom stereocenters. The Morgan fingerprint density at radius 2 is 2.16 bits per heavy atom. The molecule has 0 bridgehead atoms. The van der Waals surface area contributed by atoms with Crippen LogP contribution in [0.1, 0.15) is 29.3 Å². The average molecular weight is 341 g/mol. The molecule has 2 N–H and O–H groups in total. The first-order valence-corrected chi connectivity index (χ1v) is 7.85. The number of methoxy groups -OCH3 is 1. The molecule has 0 saturated carbocycles. The molecular weight excluding hydrogens is 322 g/mol. The Balaban J connectivity index is 2.07. The maximum absolute atomic E-state index is 12.4. The zero-order chi connectivity index (χ0) is 18.0. The Bertz CT molecular complexity index is 888. The third-order valence-corrected chi connectivity index (χ3v) is 4.02. The minimum Gasteiger partial charge on any atom is -0.493 e. The molecule has 0 spiro atoms. The number of aromatic nitrogens is 2. The van der Waals surface area contributed by atoms with Crippen molar-refractivity contribution in [1.82, 2.24) is 9.97 Å². The summed E-state index contributed by atoms with van der Waals surface area (Å²) >= 11 is 0. The summed E-state index contributed by atoms with van der Waals surface area (Å²) < 4.78 is 10.9. The fraction of sp³-hybridized carbons (Fsp3) is 0.278. The van der Waals surface area contributed by atoms with E-state index in [1.54, 1.807) is 32.2 Å². The Morgan fingerprint density at radius 1 is 1.36 bits per heavy atom. The molecule has 0 radical (unpaired) electrons. The van der Waals surface area contributed by atoms with Gasteiger partial charge in [-0.1, -0.05) is 18.7 Å². The van der Waals surface area contributed by atoms with Gasteiger partial charge in [0.15, 0.2) is 11.5 Å². The molecular formula is C18H19N3O4. The van der Waals surface area contributed by atoms with Crippen LogP contribution in [0.5, 0.6) is 11.5 Å². The minimum absolute atomic E-state index is 0.164. The Hall–Kier alpha value is -3.09. The van der Waals surface area contributed by atoms with Gasteiger partial charge >= 0.3 is 0 Å². The van der Waals surface area contributed by atoms with Crippen LogP contribution in [0.4, 0.5) is 5.82 Å². The molecule has 0 aliphatic carbocycles. The molecule has 130 valence electrons. The van der Waals surface area contributed by atoms with Gasteiger partial charge in [-0.25, -0.2) is 4.98 Å². The van der Waals surface area contributed by atoms with E-state index < -0.39 is 5.92 Å². The van der Waals surface area contributed by atoms with Gasteiger partial charge in [0.2, 0.25) is 5.91 Å². The van der Waals surface area contributed by atoms with Crippen molar-refractivity contribution < 1.29 is 14.3 Å². The van der Waals surface area contributed by atoms with Crippen molar-refractivity contribution in [3.63, 3.8) is 0 Å². The van der Waals surface area contributed by atoms with Crippen LogP contribution in [0.15, 0.2) is 35.6 Å². The van der Waals surface area contributed by atoms with Gasteiger partial charge in [-0.3, -0.25) is 9.59 Å². The number of aromatic amines is 1. The quantitative estimate of drug-likeness (QED) is 0.813. The second-order valence-electron chi connectivity index (χ2n) is 5.73. The highest BCUT2D eigenvalue weighted by Gasteiger charge is 2.31. The summed E-state index contributed by atoms with van der Waals surface area (Å²) in [7, 11) is 1.54. The number of fused-ring (bicyclic) bond motifs is 1. The molecule has 1 atom stereocenters. The standard InChI is InChI=1S/C18H19N3O4/c1-4-7-25-13-6-5-11(8-14(13)24-3)12-9-15(22)21-17-16(12)18(23)20-10(2)19-17/h4-6,8,12H,1,7,9H2,2-3H3,(H2,19,20,21,22,23)/t12-/m1/s1. The zero-order valence-electron chi connectivity index (χ0n) is 14.1. The number of amides is 1. The Labute approximate surface area is 144 Å². The number of benzene rings is 1. The fourth-order valence-electron chi connectivity index (χ4n) is 2.94. The molecule has 0 saturated heterocycles. The molecule has 1 aromatic heterocycles. The molecule has 1 aromatic carbocycles. The zero-order valence-corrected chi connectivity index (χ0v) is 14.1. The summed E-state index contributed by atoms with van der Waals surface area (Å²) in [6.07, 6.45) is 1.81. The van der Waals surface area contributed by atoms with Gasteiger partial charge in [-0.2, -0.15) is 0 Å². The third kappa shape index (κ3) is 3.26. The number of H-pyrrole nitrogens is 1. The van der Waals surface area contributed by atoms with Crippen molar-refractivity contribution in [2.24, 2.45) is 0 Å². The monoisotopic (exact) mass is 341 g/mol. The van der Waals surface area contributed by atoms with E-state index in [-0.39, 0.29) is 17.9 Å². The van der Waals surface area contributed by atoms with Crippen LogP contribution in [0, 0.1) is 6.92 Å². The van der Waals surface area contributed by atoms with E-state index in [4.69, 9.17) is 9.47 Å². The number of rotatable bonds is 5. The molecule has 1 amide bonds. The van der Waals surface area contributed by atoms with Gasteiger partial charge in [0, 0.05) is 12.3 Å². The lowest BCUT2D eigenvalue weighted by Crippen LogP contribution is -2.31. The molecule has 3 rings (SSSR count). The van der Waals surface area contributed by atoms with Crippen LogP contribution in [-0.4, -0.2) is 29.6 Å². The first kappa shape index (κ1) is 16.8. The topological polar surface area (TPSA) is 93.3 Å². The number of anilines is 1. The van der Waals surface area contributed by atoms with Gasteiger partial charge in [0.25, 0.3) is 5.56 Å². The Kier molecular flexibility index (Phi) is 4.56. The van der Waals surface area contributed by atoms with Crippen molar-refractivity contribution in [2.75, 3.05) is 19.0 Å². The summed E-state index contributed by atoms with van der Waals surface area (Å²) in [6.45, 7) is 5.64. The molecule has 1 aliphatic rings.